The zero-order chi connectivity index (χ0) is 24.2. The van der Waals surface area contributed by atoms with Gasteiger partial charge in [0.2, 0.25) is 0 Å². The molecular weight excluding hydrogens is 420 g/mol. The number of hydrogen-bond acceptors (Lipinski definition) is 5. The first-order chi connectivity index (χ1) is 15.9. The summed E-state index contributed by atoms with van der Waals surface area (Å²) in [7, 11) is 1.59. The van der Waals surface area contributed by atoms with Gasteiger partial charge in [0.25, 0.3) is 0 Å². The second kappa shape index (κ2) is 13.8. The summed E-state index contributed by atoms with van der Waals surface area (Å²) in [5, 5.41) is 5.59. The van der Waals surface area contributed by atoms with Gasteiger partial charge in [0.1, 0.15) is 0 Å². The van der Waals surface area contributed by atoms with Crippen molar-refractivity contribution in [2.24, 2.45) is 0 Å². The molecule has 1 aliphatic heterocycles. The number of amides is 2. The molecule has 33 heavy (non-hydrogen) atoms. The van der Waals surface area contributed by atoms with E-state index in [0.29, 0.717) is 35.8 Å². The molecule has 0 aliphatic carbocycles. The number of carbonyl (C=O) groups excluding carboxylic acids is 2. The van der Waals surface area contributed by atoms with Crippen LogP contribution in [0.1, 0.15) is 90.7 Å². The number of unbranched alkanes of at least 4 members (excludes halogenated alkanes) is 6. The van der Waals surface area contributed by atoms with E-state index < -0.39 is 12.0 Å². The van der Waals surface area contributed by atoms with Gasteiger partial charge in [0.15, 0.2) is 11.5 Å². The minimum Gasteiger partial charge on any atom is -0.493 e. The smallest absolute Gasteiger partial charge is 0.338 e. The zero-order valence-corrected chi connectivity index (χ0v) is 20.8. The summed E-state index contributed by atoms with van der Waals surface area (Å²) in [5.74, 6) is 0.772. The average molecular weight is 461 g/mol. The van der Waals surface area contributed by atoms with E-state index >= 15 is 0 Å². The molecule has 1 aromatic carbocycles. The van der Waals surface area contributed by atoms with E-state index in [1.807, 2.05) is 25.1 Å². The van der Waals surface area contributed by atoms with E-state index in [2.05, 4.69) is 17.6 Å². The van der Waals surface area contributed by atoms with Gasteiger partial charge >= 0.3 is 12.0 Å². The van der Waals surface area contributed by atoms with Crippen LogP contribution < -0.4 is 20.1 Å². The van der Waals surface area contributed by atoms with Gasteiger partial charge in [-0.1, -0.05) is 58.4 Å². The highest BCUT2D eigenvalue weighted by Crippen LogP contribution is 2.35. The van der Waals surface area contributed by atoms with Gasteiger partial charge in [0, 0.05) is 5.70 Å². The number of carbonyl (C=O) groups is 2. The maximum Gasteiger partial charge on any atom is 0.338 e. The van der Waals surface area contributed by atoms with Crippen LogP contribution in [0.4, 0.5) is 4.79 Å². The molecule has 7 heteroatoms. The van der Waals surface area contributed by atoms with Gasteiger partial charge in [-0.25, -0.2) is 9.59 Å². The average Bonchev–Trinajstić information content (AvgIpc) is 2.79. The third-order valence-corrected chi connectivity index (χ3v) is 5.60. The molecule has 0 bridgehead atoms. The minimum absolute atomic E-state index is 0.265. The first-order valence-electron chi connectivity index (χ1n) is 12.2. The molecule has 1 aliphatic rings. The summed E-state index contributed by atoms with van der Waals surface area (Å²) in [6, 6.07) is 4.52. The largest absolute Gasteiger partial charge is 0.493 e. The molecule has 1 atom stereocenters. The lowest BCUT2D eigenvalue weighted by molar-refractivity contribution is -0.143. The standard InChI is InChI=1S/C26H40N2O5/c1-6-8-9-10-11-12-13-16-32-21-15-14-19(17-22(21)31-5)24-23(25(29)33-18(3)4)20(7-2)27-26(30)28-24/h14-15,17-18,24H,6-13,16H2,1-5H3,(H2,27,28,30). The van der Waals surface area contributed by atoms with Crippen LogP contribution in [0.5, 0.6) is 11.5 Å². The Kier molecular flexibility index (Phi) is 11.1. The molecule has 0 radical (unpaired) electrons. The van der Waals surface area contributed by atoms with E-state index in [9.17, 15) is 9.59 Å². The molecule has 2 N–H and O–H groups in total. The summed E-state index contributed by atoms with van der Waals surface area (Å²) in [6.07, 6.45) is 8.77. The van der Waals surface area contributed by atoms with Crippen molar-refractivity contribution in [3.63, 3.8) is 0 Å². The quantitative estimate of drug-likeness (QED) is 0.271. The van der Waals surface area contributed by atoms with Crippen LogP contribution in [0.25, 0.3) is 0 Å². The van der Waals surface area contributed by atoms with Gasteiger partial charge in [-0.15, -0.1) is 0 Å². The van der Waals surface area contributed by atoms with Gasteiger partial charge < -0.3 is 24.8 Å². The lowest BCUT2D eigenvalue weighted by Crippen LogP contribution is -2.46. The highest BCUT2D eigenvalue weighted by atomic mass is 16.5. The van der Waals surface area contributed by atoms with Crippen molar-refractivity contribution in [3.05, 3.63) is 35.0 Å². The molecular formula is C26H40N2O5. The maximum atomic E-state index is 12.8. The predicted molar refractivity (Wildman–Crippen MR) is 129 cm³/mol. The molecule has 2 amide bonds. The second-order valence-electron chi connectivity index (χ2n) is 8.61. The number of allylic oxidation sites excluding steroid dienone is 1. The lowest BCUT2D eigenvalue weighted by Gasteiger charge is -2.30. The van der Waals surface area contributed by atoms with Crippen molar-refractivity contribution < 1.29 is 23.8 Å². The molecule has 1 aromatic rings. The summed E-state index contributed by atoms with van der Waals surface area (Å²) in [6.45, 7) is 8.34. The van der Waals surface area contributed by atoms with E-state index in [0.717, 1.165) is 18.4 Å². The Morgan fingerprint density at radius 2 is 1.73 bits per heavy atom. The van der Waals surface area contributed by atoms with Crippen LogP contribution in [0.15, 0.2) is 29.5 Å². The third-order valence-electron chi connectivity index (χ3n) is 5.60. The van der Waals surface area contributed by atoms with Crippen molar-refractivity contribution in [1.29, 1.82) is 0 Å². The molecule has 0 saturated carbocycles. The fourth-order valence-corrected chi connectivity index (χ4v) is 3.89. The molecule has 184 valence electrons. The Bertz CT molecular complexity index is 819. The van der Waals surface area contributed by atoms with E-state index in [1.165, 1.54) is 32.1 Å². The monoisotopic (exact) mass is 460 g/mol. The Labute approximate surface area is 198 Å². The summed E-state index contributed by atoms with van der Waals surface area (Å²) in [5.41, 5.74) is 1.70. The van der Waals surface area contributed by atoms with Crippen LogP contribution in [0.3, 0.4) is 0 Å². The highest BCUT2D eigenvalue weighted by molar-refractivity contribution is 5.95. The highest BCUT2D eigenvalue weighted by Gasteiger charge is 2.34. The molecule has 1 heterocycles. The number of urea groups is 1. The summed E-state index contributed by atoms with van der Waals surface area (Å²) >= 11 is 0. The molecule has 2 rings (SSSR count). The summed E-state index contributed by atoms with van der Waals surface area (Å²) < 4.78 is 17.0. The van der Waals surface area contributed by atoms with Gasteiger partial charge in [-0.05, 0) is 44.4 Å². The zero-order valence-electron chi connectivity index (χ0n) is 20.8. The normalized spacial score (nSPS) is 15.8. The first kappa shape index (κ1) is 26.6. The molecule has 0 spiro atoms. The Hall–Kier alpha value is -2.70. The number of methoxy groups -OCH3 is 1. The molecule has 0 fully saturated rings. The number of benzene rings is 1. The fourth-order valence-electron chi connectivity index (χ4n) is 3.89. The Morgan fingerprint density at radius 1 is 1.03 bits per heavy atom. The maximum absolute atomic E-state index is 12.8. The predicted octanol–water partition coefficient (Wildman–Crippen LogP) is 5.79. The van der Waals surface area contributed by atoms with Crippen molar-refractivity contribution >= 4 is 12.0 Å². The Morgan fingerprint density at radius 3 is 2.36 bits per heavy atom. The molecule has 0 aromatic heterocycles. The van der Waals surface area contributed by atoms with Crippen molar-refractivity contribution in [3.8, 4) is 11.5 Å². The fraction of sp³-hybridized carbons (Fsp3) is 0.615. The van der Waals surface area contributed by atoms with Crippen LogP contribution >= 0.6 is 0 Å². The number of rotatable bonds is 14. The number of esters is 1. The van der Waals surface area contributed by atoms with E-state index in [1.54, 1.807) is 21.0 Å². The van der Waals surface area contributed by atoms with Gasteiger partial charge in [0.05, 0.1) is 31.4 Å². The number of nitrogens with one attached hydrogen (secondary N) is 2. The molecule has 0 saturated heterocycles. The number of hydrogen-bond donors (Lipinski definition) is 2. The van der Waals surface area contributed by atoms with Gasteiger partial charge in [-0.2, -0.15) is 0 Å². The first-order valence-corrected chi connectivity index (χ1v) is 12.2. The molecule has 7 nitrogen and oxygen atoms in total. The topological polar surface area (TPSA) is 85.9 Å². The SMILES string of the molecule is CCCCCCCCCOc1ccc(C2NC(=O)NC(CC)=C2C(=O)OC(C)C)cc1OC. The molecule has 1 unspecified atom stereocenters. The van der Waals surface area contributed by atoms with Crippen LogP contribution in [-0.4, -0.2) is 31.8 Å². The minimum atomic E-state index is -0.633. The Balaban J connectivity index is 2.12. The number of ether oxygens (including phenoxy) is 3. The van der Waals surface area contributed by atoms with Crippen molar-refractivity contribution in [2.75, 3.05) is 13.7 Å². The van der Waals surface area contributed by atoms with Crippen LogP contribution in [0, 0.1) is 0 Å². The summed E-state index contributed by atoms with van der Waals surface area (Å²) in [4.78, 5) is 25.1. The second-order valence-corrected chi connectivity index (χ2v) is 8.61. The lowest BCUT2D eigenvalue weighted by atomic mass is 9.94. The van der Waals surface area contributed by atoms with Gasteiger partial charge in [-0.3, -0.25) is 0 Å². The third kappa shape index (κ3) is 7.98. The van der Waals surface area contributed by atoms with E-state index in [4.69, 9.17) is 14.2 Å². The van der Waals surface area contributed by atoms with E-state index in [-0.39, 0.29) is 12.1 Å². The van der Waals surface area contributed by atoms with Crippen LogP contribution in [0.2, 0.25) is 0 Å². The van der Waals surface area contributed by atoms with Crippen molar-refractivity contribution in [1.82, 2.24) is 10.6 Å². The van der Waals surface area contributed by atoms with Crippen molar-refractivity contribution in [2.45, 2.75) is 91.2 Å². The van der Waals surface area contributed by atoms with Crippen LogP contribution in [-0.2, 0) is 9.53 Å².